The Morgan fingerprint density at radius 2 is 1.88 bits per heavy atom. The highest BCUT2D eigenvalue weighted by Crippen LogP contribution is 2.21. The molecule has 128 valence electrons. The minimum atomic E-state index is -0.551. The molecule has 3 nitrogen and oxygen atoms in total. The lowest BCUT2D eigenvalue weighted by Gasteiger charge is -2.19. The highest BCUT2D eigenvalue weighted by atomic mass is 35.5. The third kappa shape index (κ3) is 5.57. The minimum absolute atomic E-state index is 0.0933. The van der Waals surface area contributed by atoms with Gasteiger partial charge in [-0.1, -0.05) is 41.9 Å². The molecule has 2 rings (SSSR count). The van der Waals surface area contributed by atoms with E-state index in [4.69, 9.17) is 16.3 Å². The number of nitrogens with one attached hydrogen (secondary N) is 1. The quantitative estimate of drug-likeness (QED) is 0.799. The molecule has 0 aromatic heterocycles. The van der Waals surface area contributed by atoms with Gasteiger partial charge in [0.15, 0.2) is 6.10 Å². The smallest absolute Gasteiger partial charge is 0.260 e. The summed E-state index contributed by atoms with van der Waals surface area (Å²) in [4.78, 5) is 12.3. The summed E-state index contributed by atoms with van der Waals surface area (Å²) in [6.07, 6.45) is 1.28. The van der Waals surface area contributed by atoms with Gasteiger partial charge in [-0.3, -0.25) is 4.79 Å². The molecule has 2 aromatic rings. The van der Waals surface area contributed by atoms with E-state index in [1.165, 1.54) is 5.56 Å². The largest absolute Gasteiger partial charge is 0.481 e. The van der Waals surface area contributed by atoms with Gasteiger partial charge in [0.1, 0.15) is 5.75 Å². The number of hydrogen-bond donors (Lipinski definition) is 1. The highest BCUT2D eigenvalue weighted by Gasteiger charge is 2.17. The Morgan fingerprint density at radius 1 is 1.17 bits per heavy atom. The van der Waals surface area contributed by atoms with Crippen molar-refractivity contribution in [2.45, 2.75) is 45.8 Å². The van der Waals surface area contributed by atoms with Gasteiger partial charge in [0, 0.05) is 11.1 Å². The zero-order chi connectivity index (χ0) is 17.5. The maximum atomic E-state index is 12.3. The van der Waals surface area contributed by atoms with Crippen LogP contribution in [0.4, 0.5) is 0 Å². The second-order valence-electron chi connectivity index (χ2n) is 6.10. The number of aryl methyl sites for hydroxylation is 2. The molecule has 0 spiro atoms. The SMILES string of the molecule is Cc1cc(O[C@H](C)C(=O)N[C@H](C)CCc2ccccc2)ccc1Cl. The van der Waals surface area contributed by atoms with Gasteiger partial charge in [-0.05, 0) is 62.9 Å². The van der Waals surface area contributed by atoms with Crippen LogP contribution in [-0.4, -0.2) is 18.1 Å². The summed E-state index contributed by atoms with van der Waals surface area (Å²) in [6.45, 7) is 5.68. The Labute approximate surface area is 149 Å². The van der Waals surface area contributed by atoms with Crippen molar-refractivity contribution in [2.24, 2.45) is 0 Å². The van der Waals surface area contributed by atoms with Crippen LogP contribution < -0.4 is 10.1 Å². The molecule has 0 unspecified atom stereocenters. The van der Waals surface area contributed by atoms with E-state index in [0.717, 1.165) is 18.4 Å². The average molecular weight is 346 g/mol. The molecule has 0 fully saturated rings. The molecule has 0 aliphatic rings. The second kappa shape index (κ2) is 8.74. The predicted octanol–water partition coefficient (Wildman–Crippen LogP) is 4.55. The molecule has 2 aromatic carbocycles. The molecule has 0 radical (unpaired) electrons. The number of hydrogen-bond acceptors (Lipinski definition) is 2. The molecule has 0 heterocycles. The zero-order valence-electron chi connectivity index (χ0n) is 14.4. The number of benzene rings is 2. The Bertz CT molecular complexity index is 673. The van der Waals surface area contributed by atoms with Crippen molar-refractivity contribution in [3.63, 3.8) is 0 Å². The van der Waals surface area contributed by atoms with Crippen molar-refractivity contribution in [3.8, 4) is 5.75 Å². The van der Waals surface area contributed by atoms with Gasteiger partial charge >= 0.3 is 0 Å². The first-order valence-corrected chi connectivity index (χ1v) is 8.60. The highest BCUT2D eigenvalue weighted by molar-refractivity contribution is 6.31. The Morgan fingerprint density at radius 3 is 2.54 bits per heavy atom. The van der Waals surface area contributed by atoms with E-state index in [9.17, 15) is 4.79 Å². The monoisotopic (exact) mass is 345 g/mol. The fraction of sp³-hybridized carbons (Fsp3) is 0.350. The minimum Gasteiger partial charge on any atom is -0.481 e. The summed E-state index contributed by atoms with van der Waals surface area (Å²) in [5, 5.41) is 3.70. The van der Waals surface area contributed by atoms with Gasteiger partial charge in [-0.25, -0.2) is 0 Å². The molecular formula is C20H24ClNO2. The zero-order valence-corrected chi connectivity index (χ0v) is 15.1. The Kier molecular flexibility index (Phi) is 6.68. The first-order valence-electron chi connectivity index (χ1n) is 8.23. The van der Waals surface area contributed by atoms with Crippen LogP contribution in [0.15, 0.2) is 48.5 Å². The topological polar surface area (TPSA) is 38.3 Å². The molecule has 2 atom stereocenters. The molecule has 1 N–H and O–H groups in total. The number of halogens is 1. The summed E-state index contributed by atoms with van der Waals surface area (Å²) in [5.41, 5.74) is 2.21. The summed E-state index contributed by atoms with van der Waals surface area (Å²) < 4.78 is 5.70. The van der Waals surface area contributed by atoms with Crippen LogP contribution in [0.25, 0.3) is 0 Å². The molecule has 0 saturated carbocycles. The van der Waals surface area contributed by atoms with E-state index in [-0.39, 0.29) is 11.9 Å². The number of ether oxygens (including phenoxy) is 1. The third-order valence-corrected chi connectivity index (χ3v) is 4.33. The number of amides is 1. The van der Waals surface area contributed by atoms with Crippen LogP contribution in [0.5, 0.6) is 5.75 Å². The van der Waals surface area contributed by atoms with E-state index < -0.39 is 6.10 Å². The van der Waals surface area contributed by atoms with Crippen LogP contribution in [0.2, 0.25) is 5.02 Å². The van der Waals surface area contributed by atoms with Gasteiger partial charge in [0.05, 0.1) is 0 Å². The summed E-state index contributed by atoms with van der Waals surface area (Å²) in [6, 6.07) is 15.8. The lowest BCUT2D eigenvalue weighted by molar-refractivity contribution is -0.127. The normalized spacial score (nSPS) is 13.2. The van der Waals surface area contributed by atoms with Crippen molar-refractivity contribution < 1.29 is 9.53 Å². The Balaban J connectivity index is 1.80. The van der Waals surface area contributed by atoms with Crippen molar-refractivity contribution >= 4 is 17.5 Å². The van der Waals surface area contributed by atoms with Gasteiger partial charge in [0.2, 0.25) is 0 Å². The van der Waals surface area contributed by atoms with Gasteiger partial charge < -0.3 is 10.1 Å². The first-order chi connectivity index (χ1) is 11.5. The van der Waals surface area contributed by atoms with Crippen LogP contribution in [0.1, 0.15) is 31.4 Å². The lowest BCUT2D eigenvalue weighted by atomic mass is 10.1. The fourth-order valence-corrected chi connectivity index (χ4v) is 2.53. The summed E-state index contributed by atoms with van der Waals surface area (Å²) in [5.74, 6) is 0.541. The van der Waals surface area contributed by atoms with Gasteiger partial charge in [-0.2, -0.15) is 0 Å². The maximum Gasteiger partial charge on any atom is 0.260 e. The fourth-order valence-electron chi connectivity index (χ4n) is 2.41. The summed E-state index contributed by atoms with van der Waals surface area (Å²) in [7, 11) is 0. The van der Waals surface area contributed by atoms with Crippen LogP contribution in [0, 0.1) is 6.92 Å². The second-order valence-corrected chi connectivity index (χ2v) is 6.51. The van der Waals surface area contributed by atoms with Gasteiger partial charge in [-0.15, -0.1) is 0 Å². The molecular weight excluding hydrogens is 322 g/mol. The van der Waals surface area contributed by atoms with E-state index in [1.54, 1.807) is 19.1 Å². The standard InChI is InChI=1S/C20H24ClNO2/c1-14-13-18(11-12-19(14)21)24-16(3)20(23)22-15(2)9-10-17-7-5-4-6-8-17/h4-8,11-13,15-16H,9-10H2,1-3H3,(H,22,23)/t15-,16-/m1/s1. The maximum absolute atomic E-state index is 12.3. The molecule has 0 saturated heterocycles. The number of carbonyl (C=O) groups excluding carboxylic acids is 1. The predicted molar refractivity (Wildman–Crippen MR) is 98.6 cm³/mol. The number of rotatable bonds is 7. The third-order valence-electron chi connectivity index (χ3n) is 3.91. The van der Waals surface area contributed by atoms with E-state index in [0.29, 0.717) is 10.8 Å². The molecule has 0 bridgehead atoms. The van der Waals surface area contributed by atoms with Crippen molar-refractivity contribution in [1.82, 2.24) is 5.32 Å². The molecule has 0 aliphatic heterocycles. The Hall–Kier alpha value is -2.00. The van der Waals surface area contributed by atoms with Crippen molar-refractivity contribution in [2.75, 3.05) is 0 Å². The van der Waals surface area contributed by atoms with Crippen LogP contribution in [-0.2, 0) is 11.2 Å². The van der Waals surface area contributed by atoms with E-state index in [1.807, 2.05) is 38.1 Å². The number of carbonyl (C=O) groups is 1. The van der Waals surface area contributed by atoms with Crippen LogP contribution >= 0.6 is 11.6 Å². The van der Waals surface area contributed by atoms with Gasteiger partial charge in [0.25, 0.3) is 5.91 Å². The summed E-state index contributed by atoms with van der Waals surface area (Å²) >= 11 is 6.00. The van der Waals surface area contributed by atoms with Crippen molar-refractivity contribution in [3.05, 3.63) is 64.7 Å². The lowest BCUT2D eigenvalue weighted by Crippen LogP contribution is -2.41. The van der Waals surface area contributed by atoms with E-state index in [2.05, 4.69) is 17.4 Å². The molecule has 1 amide bonds. The molecule has 0 aliphatic carbocycles. The first kappa shape index (κ1) is 18.3. The molecule has 24 heavy (non-hydrogen) atoms. The van der Waals surface area contributed by atoms with E-state index >= 15 is 0 Å². The van der Waals surface area contributed by atoms with Crippen molar-refractivity contribution in [1.29, 1.82) is 0 Å². The average Bonchev–Trinajstić information content (AvgIpc) is 2.57. The molecule has 4 heteroatoms. The van der Waals surface area contributed by atoms with Crippen LogP contribution in [0.3, 0.4) is 0 Å².